The summed E-state index contributed by atoms with van der Waals surface area (Å²) in [5.41, 5.74) is 5.34. The number of fused-ring (bicyclic) bond motifs is 3. The van der Waals surface area contributed by atoms with E-state index in [1.54, 1.807) is 13.3 Å². The van der Waals surface area contributed by atoms with Gasteiger partial charge in [-0.2, -0.15) is 0 Å². The second-order valence-corrected chi connectivity index (χ2v) is 8.21. The normalized spacial score (nSPS) is 14.9. The first-order valence-electron chi connectivity index (χ1n) is 11.1. The zero-order valence-corrected chi connectivity index (χ0v) is 18.5. The summed E-state index contributed by atoms with van der Waals surface area (Å²) >= 11 is 0. The van der Waals surface area contributed by atoms with Crippen molar-refractivity contribution < 1.29 is 9.53 Å². The van der Waals surface area contributed by atoms with Crippen molar-refractivity contribution in [1.82, 2.24) is 19.3 Å². The lowest BCUT2D eigenvalue weighted by Gasteiger charge is -2.35. The van der Waals surface area contributed by atoms with Crippen LogP contribution in [0.25, 0.3) is 16.6 Å². The van der Waals surface area contributed by atoms with E-state index in [4.69, 9.17) is 9.72 Å². The summed E-state index contributed by atoms with van der Waals surface area (Å²) in [5.74, 6) is 0.384. The van der Waals surface area contributed by atoms with Gasteiger partial charge in [-0.25, -0.2) is 14.8 Å². The number of imidazole rings is 1. The Morgan fingerprint density at radius 3 is 2.59 bits per heavy atom. The lowest BCUT2D eigenvalue weighted by Crippen LogP contribution is -2.46. The van der Waals surface area contributed by atoms with Gasteiger partial charge in [-0.1, -0.05) is 36.4 Å². The molecule has 164 valence electrons. The Labute approximate surface area is 187 Å². The Hall–Kier alpha value is -3.45. The molecule has 32 heavy (non-hydrogen) atoms. The third-order valence-electron chi connectivity index (χ3n) is 5.99. The second kappa shape index (κ2) is 8.59. The molecule has 5 rings (SSSR count). The minimum absolute atomic E-state index is 0.311. The molecule has 7 heteroatoms. The molecule has 0 amide bonds. The van der Waals surface area contributed by atoms with Crippen LogP contribution in [-0.2, 0) is 11.3 Å². The Balaban J connectivity index is 1.50. The van der Waals surface area contributed by atoms with Gasteiger partial charge in [0.25, 0.3) is 0 Å². The monoisotopic (exact) mass is 429 g/mol. The highest BCUT2D eigenvalue weighted by Gasteiger charge is 2.26. The average Bonchev–Trinajstić information content (AvgIpc) is 3.25. The molecule has 0 unspecified atom stereocenters. The van der Waals surface area contributed by atoms with E-state index in [1.165, 1.54) is 5.56 Å². The molecule has 7 nitrogen and oxygen atoms in total. The Morgan fingerprint density at radius 2 is 1.84 bits per heavy atom. The van der Waals surface area contributed by atoms with Crippen molar-refractivity contribution >= 4 is 28.3 Å². The third kappa shape index (κ3) is 3.80. The zero-order chi connectivity index (χ0) is 22.1. The van der Waals surface area contributed by atoms with Crippen LogP contribution in [0.1, 0.15) is 28.5 Å². The fourth-order valence-electron chi connectivity index (χ4n) is 4.37. The van der Waals surface area contributed by atoms with Crippen molar-refractivity contribution in [3.8, 4) is 0 Å². The maximum absolute atomic E-state index is 12.6. The Bertz CT molecular complexity index is 1260. The number of aromatic nitrogens is 3. The molecular weight excluding hydrogens is 402 g/mol. The molecule has 4 aromatic rings. The van der Waals surface area contributed by atoms with E-state index < -0.39 is 5.97 Å². The number of benzene rings is 2. The molecular formula is C25H27N5O2. The molecule has 0 N–H and O–H groups in total. The maximum atomic E-state index is 12.6. The molecule has 2 aromatic heterocycles. The first-order chi connectivity index (χ1) is 15.6. The molecule has 0 saturated carbocycles. The van der Waals surface area contributed by atoms with E-state index in [9.17, 15) is 4.79 Å². The summed E-state index contributed by atoms with van der Waals surface area (Å²) in [6.45, 7) is 8.64. The Kier molecular flexibility index (Phi) is 5.49. The van der Waals surface area contributed by atoms with Crippen LogP contribution in [0.5, 0.6) is 0 Å². The summed E-state index contributed by atoms with van der Waals surface area (Å²) in [6, 6.07) is 16.7. The van der Waals surface area contributed by atoms with Crippen LogP contribution in [0.15, 0.2) is 54.9 Å². The van der Waals surface area contributed by atoms with Gasteiger partial charge in [0.1, 0.15) is 11.8 Å². The minimum Gasteiger partial charge on any atom is -0.461 e. The van der Waals surface area contributed by atoms with Crippen molar-refractivity contribution in [3.05, 3.63) is 71.7 Å². The van der Waals surface area contributed by atoms with Gasteiger partial charge in [-0.15, -0.1) is 0 Å². The quantitative estimate of drug-likeness (QED) is 0.451. The van der Waals surface area contributed by atoms with Gasteiger partial charge >= 0.3 is 5.97 Å². The summed E-state index contributed by atoms with van der Waals surface area (Å²) in [4.78, 5) is 26.8. The highest BCUT2D eigenvalue weighted by molar-refractivity contribution is 6.00. The number of rotatable bonds is 5. The molecule has 0 bridgehead atoms. The van der Waals surface area contributed by atoms with Gasteiger partial charge in [-0.3, -0.25) is 9.30 Å². The molecule has 0 radical (unpaired) electrons. The topological polar surface area (TPSA) is 63.0 Å². The van der Waals surface area contributed by atoms with E-state index in [0.29, 0.717) is 12.3 Å². The number of ether oxygens (including phenoxy) is 1. The predicted molar refractivity (Wildman–Crippen MR) is 125 cm³/mol. The number of carbonyl (C=O) groups excluding carboxylic acids is 1. The summed E-state index contributed by atoms with van der Waals surface area (Å²) in [7, 11) is 0. The molecule has 0 spiro atoms. The summed E-state index contributed by atoms with van der Waals surface area (Å²) in [6.07, 6.45) is 1.70. The van der Waals surface area contributed by atoms with Crippen LogP contribution in [0.3, 0.4) is 0 Å². The van der Waals surface area contributed by atoms with E-state index in [0.717, 1.165) is 60.7 Å². The first-order valence-corrected chi connectivity index (χ1v) is 11.1. The number of aryl methyl sites for hydroxylation is 1. The van der Waals surface area contributed by atoms with Crippen LogP contribution in [-0.4, -0.2) is 58.0 Å². The smallest absolute Gasteiger partial charge is 0.359 e. The van der Waals surface area contributed by atoms with Gasteiger partial charge in [0, 0.05) is 32.7 Å². The van der Waals surface area contributed by atoms with Crippen LogP contribution >= 0.6 is 0 Å². The fourth-order valence-corrected chi connectivity index (χ4v) is 4.37. The maximum Gasteiger partial charge on any atom is 0.359 e. The Morgan fingerprint density at radius 1 is 1.06 bits per heavy atom. The standard InChI is InChI=1S/C25H27N5O2/c1-3-32-25(31)22-23-24(27-20-15-18(2)9-10-21(20)30(23)17-26-22)29-13-11-28(12-14-29)16-19-7-5-4-6-8-19/h4-10,15,17H,3,11-14,16H2,1-2H3. The first kappa shape index (κ1) is 20.5. The molecule has 1 aliphatic heterocycles. The fraction of sp³-hybridized carbons (Fsp3) is 0.320. The van der Waals surface area contributed by atoms with Crippen molar-refractivity contribution in [3.63, 3.8) is 0 Å². The van der Waals surface area contributed by atoms with E-state index >= 15 is 0 Å². The average molecular weight is 430 g/mol. The minimum atomic E-state index is -0.410. The molecule has 2 aromatic carbocycles. The van der Waals surface area contributed by atoms with Crippen LogP contribution in [0.2, 0.25) is 0 Å². The number of piperazine rings is 1. The van der Waals surface area contributed by atoms with Crippen molar-refractivity contribution in [2.75, 3.05) is 37.7 Å². The largest absolute Gasteiger partial charge is 0.461 e. The van der Waals surface area contributed by atoms with Crippen LogP contribution < -0.4 is 4.90 Å². The summed E-state index contributed by atoms with van der Waals surface area (Å²) in [5, 5.41) is 0. The number of esters is 1. The molecule has 0 aliphatic carbocycles. The van der Waals surface area contributed by atoms with E-state index in [1.807, 2.05) is 16.5 Å². The van der Waals surface area contributed by atoms with Crippen LogP contribution in [0.4, 0.5) is 5.82 Å². The van der Waals surface area contributed by atoms with Crippen LogP contribution in [0, 0.1) is 6.92 Å². The van der Waals surface area contributed by atoms with Crippen molar-refractivity contribution in [1.29, 1.82) is 0 Å². The van der Waals surface area contributed by atoms with Crippen molar-refractivity contribution in [2.24, 2.45) is 0 Å². The predicted octanol–water partition coefficient (Wildman–Crippen LogP) is 3.69. The molecule has 1 saturated heterocycles. The number of hydrogen-bond donors (Lipinski definition) is 0. The molecule has 0 atom stereocenters. The van der Waals surface area contributed by atoms with Gasteiger partial charge in [0.05, 0.1) is 17.6 Å². The van der Waals surface area contributed by atoms with Gasteiger partial charge in [0.2, 0.25) is 0 Å². The highest BCUT2D eigenvalue weighted by atomic mass is 16.5. The van der Waals surface area contributed by atoms with E-state index in [2.05, 4.69) is 58.1 Å². The lowest BCUT2D eigenvalue weighted by molar-refractivity contribution is 0.0522. The summed E-state index contributed by atoms with van der Waals surface area (Å²) < 4.78 is 7.25. The molecule has 1 fully saturated rings. The number of nitrogens with zero attached hydrogens (tertiary/aromatic N) is 5. The van der Waals surface area contributed by atoms with Gasteiger partial charge in [-0.05, 0) is 37.1 Å². The molecule has 1 aliphatic rings. The zero-order valence-electron chi connectivity index (χ0n) is 18.5. The third-order valence-corrected chi connectivity index (χ3v) is 5.99. The van der Waals surface area contributed by atoms with Gasteiger partial charge < -0.3 is 9.64 Å². The number of anilines is 1. The highest BCUT2D eigenvalue weighted by Crippen LogP contribution is 2.29. The number of carbonyl (C=O) groups is 1. The van der Waals surface area contributed by atoms with Crippen molar-refractivity contribution in [2.45, 2.75) is 20.4 Å². The van der Waals surface area contributed by atoms with E-state index in [-0.39, 0.29) is 0 Å². The molecule has 3 heterocycles. The lowest BCUT2D eigenvalue weighted by atomic mass is 10.2. The van der Waals surface area contributed by atoms with Gasteiger partial charge in [0.15, 0.2) is 11.5 Å². The number of hydrogen-bond acceptors (Lipinski definition) is 6. The SMILES string of the molecule is CCOC(=O)c1ncn2c1c(N1CCN(Cc3ccccc3)CC1)nc1cc(C)ccc12. The second-order valence-electron chi connectivity index (χ2n) is 8.21.